The predicted molar refractivity (Wildman–Crippen MR) is 111 cm³/mol. The third kappa shape index (κ3) is 4.22. The van der Waals surface area contributed by atoms with Gasteiger partial charge in [-0.15, -0.1) is 0 Å². The number of para-hydroxylation sites is 1. The Labute approximate surface area is 175 Å². The van der Waals surface area contributed by atoms with Crippen molar-refractivity contribution >= 4 is 17.7 Å². The van der Waals surface area contributed by atoms with Gasteiger partial charge in [-0.2, -0.15) is 0 Å². The number of benzene rings is 1. The summed E-state index contributed by atoms with van der Waals surface area (Å²) in [5.74, 6) is -1.72. The van der Waals surface area contributed by atoms with Crippen molar-refractivity contribution in [3.8, 4) is 5.69 Å². The first-order chi connectivity index (χ1) is 14.2. The first-order valence-electron chi connectivity index (χ1n) is 10.0. The monoisotopic (exact) mass is 414 g/mol. The minimum absolute atomic E-state index is 0.117. The average Bonchev–Trinajstić information content (AvgIpc) is 3.01. The Morgan fingerprint density at radius 1 is 1.00 bits per heavy atom. The molecule has 0 atom stereocenters. The van der Waals surface area contributed by atoms with Gasteiger partial charge < -0.3 is 19.7 Å². The number of hydrogen-bond acceptors (Lipinski definition) is 3. The summed E-state index contributed by atoms with van der Waals surface area (Å²) in [6.45, 7) is 8.47. The molecule has 160 valence electrons. The largest absolute Gasteiger partial charge is 0.346 e. The molecule has 0 radical (unpaired) electrons. The number of amides is 3. The molecule has 0 spiro atoms. The van der Waals surface area contributed by atoms with Crippen LogP contribution in [-0.2, 0) is 9.59 Å². The maximum Gasteiger partial charge on any atom is 0.312 e. The van der Waals surface area contributed by atoms with Gasteiger partial charge in [-0.3, -0.25) is 14.4 Å². The summed E-state index contributed by atoms with van der Waals surface area (Å²) in [4.78, 5) is 40.4. The number of carbonyl (C=O) groups excluding carboxylic acids is 3. The number of rotatable bonds is 3. The lowest BCUT2D eigenvalue weighted by Gasteiger charge is -2.34. The number of aryl methyl sites for hydroxylation is 1. The van der Waals surface area contributed by atoms with Gasteiger partial charge in [-0.1, -0.05) is 12.1 Å². The highest BCUT2D eigenvalue weighted by atomic mass is 19.1. The van der Waals surface area contributed by atoms with E-state index in [-0.39, 0.29) is 17.8 Å². The Morgan fingerprint density at radius 3 is 2.20 bits per heavy atom. The van der Waals surface area contributed by atoms with Crippen molar-refractivity contribution < 1.29 is 18.8 Å². The van der Waals surface area contributed by atoms with E-state index < -0.39 is 11.8 Å². The summed E-state index contributed by atoms with van der Waals surface area (Å²) < 4.78 is 16.0. The zero-order valence-corrected chi connectivity index (χ0v) is 17.7. The fourth-order valence-corrected chi connectivity index (χ4v) is 3.73. The van der Waals surface area contributed by atoms with Gasteiger partial charge in [0, 0.05) is 43.6 Å². The topological polar surface area (TPSA) is 74.7 Å². The second kappa shape index (κ2) is 8.69. The summed E-state index contributed by atoms with van der Waals surface area (Å²) in [5, 5.41) is 2.59. The number of aromatic nitrogens is 1. The highest BCUT2D eigenvalue weighted by Crippen LogP contribution is 2.24. The number of nitrogens with one attached hydrogen (secondary N) is 1. The van der Waals surface area contributed by atoms with Gasteiger partial charge >= 0.3 is 11.8 Å². The molecule has 1 saturated heterocycles. The Hall–Kier alpha value is -3.16. The Balaban J connectivity index is 1.72. The summed E-state index contributed by atoms with van der Waals surface area (Å²) in [6, 6.07) is 8.09. The third-order valence-corrected chi connectivity index (χ3v) is 5.22. The van der Waals surface area contributed by atoms with Gasteiger partial charge in [0.1, 0.15) is 5.82 Å². The molecule has 0 bridgehead atoms. The van der Waals surface area contributed by atoms with E-state index in [0.29, 0.717) is 43.1 Å². The van der Waals surface area contributed by atoms with Gasteiger partial charge in [0.15, 0.2) is 0 Å². The van der Waals surface area contributed by atoms with Crippen LogP contribution in [0.1, 0.15) is 35.6 Å². The van der Waals surface area contributed by atoms with Crippen LogP contribution in [0.25, 0.3) is 5.69 Å². The fourth-order valence-electron chi connectivity index (χ4n) is 3.73. The van der Waals surface area contributed by atoms with E-state index in [4.69, 9.17) is 0 Å². The van der Waals surface area contributed by atoms with Crippen molar-refractivity contribution in [3.63, 3.8) is 0 Å². The average molecular weight is 414 g/mol. The molecule has 0 aliphatic carbocycles. The summed E-state index contributed by atoms with van der Waals surface area (Å²) in [5.41, 5.74) is 2.34. The fraction of sp³-hybridized carbons (Fsp3) is 0.409. The van der Waals surface area contributed by atoms with Crippen molar-refractivity contribution in [1.29, 1.82) is 0 Å². The molecule has 0 saturated carbocycles. The molecule has 1 fully saturated rings. The van der Waals surface area contributed by atoms with Gasteiger partial charge in [0.05, 0.1) is 11.3 Å². The van der Waals surface area contributed by atoms with Crippen LogP contribution in [0, 0.1) is 19.7 Å². The molecule has 2 aromatic rings. The molecule has 3 rings (SSSR count). The van der Waals surface area contributed by atoms with Crippen LogP contribution in [0.2, 0.25) is 0 Å². The van der Waals surface area contributed by atoms with Crippen LogP contribution < -0.4 is 5.32 Å². The maximum absolute atomic E-state index is 14.3. The zero-order chi connectivity index (χ0) is 22.0. The second-order valence-electron chi connectivity index (χ2n) is 7.78. The SMILES string of the molecule is Cc1cc(C(=O)N2CCN(C(=O)C(=O)NC(C)C)CC2)c(C)n1-c1ccccc1F. The molecule has 3 amide bonds. The van der Waals surface area contributed by atoms with Crippen molar-refractivity contribution in [1.82, 2.24) is 19.7 Å². The standard InChI is InChI=1S/C22H27FN4O3/c1-14(2)24-20(28)22(30)26-11-9-25(10-12-26)21(29)17-13-15(3)27(16(17)4)19-8-6-5-7-18(19)23/h5-8,13-14H,9-12H2,1-4H3,(H,24,28). The van der Waals surface area contributed by atoms with E-state index in [1.54, 1.807) is 54.5 Å². The normalized spacial score (nSPS) is 14.2. The van der Waals surface area contributed by atoms with Crippen molar-refractivity contribution in [2.75, 3.05) is 26.2 Å². The van der Waals surface area contributed by atoms with Crippen molar-refractivity contribution in [3.05, 3.63) is 53.1 Å². The molecule has 1 aliphatic rings. The molecule has 7 nitrogen and oxygen atoms in total. The summed E-state index contributed by atoms with van der Waals surface area (Å²) >= 11 is 0. The molecule has 1 aliphatic heterocycles. The lowest BCUT2D eigenvalue weighted by molar-refractivity contribution is -0.147. The van der Waals surface area contributed by atoms with Crippen molar-refractivity contribution in [2.24, 2.45) is 0 Å². The van der Waals surface area contributed by atoms with Crippen LogP contribution in [0.5, 0.6) is 0 Å². The minimum atomic E-state index is -0.627. The summed E-state index contributed by atoms with van der Waals surface area (Å²) in [7, 11) is 0. The van der Waals surface area contributed by atoms with Gasteiger partial charge in [0.2, 0.25) is 0 Å². The number of hydrogen-bond donors (Lipinski definition) is 1. The van der Waals surface area contributed by atoms with Gasteiger partial charge in [0.25, 0.3) is 5.91 Å². The molecule has 8 heteroatoms. The lowest BCUT2D eigenvalue weighted by atomic mass is 10.2. The number of carbonyl (C=O) groups is 3. The maximum atomic E-state index is 14.3. The minimum Gasteiger partial charge on any atom is -0.346 e. The van der Waals surface area contributed by atoms with Crippen molar-refractivity contribution in [2.45, 2.75) is 33.7 Å². The third-order valence-electron chi connectivity index (χ3n) is 5.22. The molecule has 1 N–H and O–H groups in total. The highest BCUT2D eigenvalue weighted by Gasteiger charge is 2.30. The van der Waals surface area contributed by atoms with E-state index in [1.807, 2.05) is 6.92 Å². The summed E-state index contributed by atoms with van der Waals surface area (Å²) in [6.07, 6.45) is 0. The molecule has 2 heterocycles. The first-order valence-corrected chi connectivity index (χ1v) is 10.0. The van der Waals surface area contributed by atoms with Crippen LogP contribution in [0.15, 0.2) is 30.3 Å². The quantitative estimate of drug-likeness (QED) is 0.781. The van der Waals surface area contributed by atoms with Crippen LogP contribution in [-0.4, -0.2) is 64.3 Å². The Morgan fingerprint density at radius 2 is 1.60 bits per heavy atom. The molecular formula is C22H27FN4O3. The molecular weight excluding hydrogens is 387 g/mol. The van der Waals surface area contributed by atoms with E-state index >= 15 is 0 Å². The molecule has 1 aromatic carbocycles. The van der Waals surface area contributed by atoms with E-state index in [9.17, 15) is 18.8 Å². The van der Waals surface area contributed by atoms with E-state index in [0.717, 1.165) is 5.69 Å². The molecule has 30 heavy (non-hydrogen) atoms. The zero-order valence-electron chi connectivity index (χ0n) is 17.7. The smallest absolute Gasteiger partial charge is 0.312 e. The van der Waals surface area contributed by atoms with Gasteiger partial charge in [-0.05, 0) is 45.9 Å². The highest BCUT2D eigenvalue weighted by molar-refractivity contribution is 6.35. The molecule has 1 aromatic heterocycles. The first kappa shape index (κ1) is 21.5. The number of halogens is 1. The second-order valence-corrected chi connectivity index (χ2v) is 7.78. The Bertz CT molecular complexity index is 975. The number of nitrogens with zero attached hydrogens (tertiary/aromatic N) is 3. The van der Waals surface area contributed by atoms with Crippen LogP contribution >= 0.6 is 0 Å². The van der Waals surface area contributed by atoms with Crippen LogP contribution in [0.3, 0.4) is 0 Å². The van der Waals surface area contributed by atoms with E-state index in [1.165, 1.54) is 11.0 Å². The Kier molecular flexibility index (Phi) is 6.24. The van der Waals surface area contributed by atoms with Gasteiger partial charge in [-0.25, -0.2) is 4.39 Å². The van der Waals surface area contributed by atoms with E-state index in [2.05, 4.69) is 5.32 Å². The molecule has 0 unspecified atom stereocenters. The number of piperazine rings is 1. The van der Waals surface area contributed by atoms with Crippen LogP contribution in [0.4, 0.5) is 4.39 Å². The predicted octanol–water partition coefficient (Wildman–Crippen LogP) is 2.04. The lowest BCUT2D eigenvalue weighted by Crippen LogP contribution is -2.54.